The molecular weight excluding hydrogens is 302 g/mol. The number of aromatic nitrogens is 3. The molecule has 1 aliphatic heterocycles. The standard InChI is InChI=1S/C14H17N5O4/c1-2-3-16-7-5-19(10-4-8(21)9(6-20)23-10)12-11(7)13(22)18-14(15)17-12/h1,5,8-10,16,20-21H,3-4,6H2,(H3,15,17,18,22)/t8-,9+,10+/m0/s1. The average Bonchev–Trinajstić information content (AvgIpc) is 3.05. The van der Waals surface area contributed by atoms with Gasteiger partial charge in [-0.15, -0.1) is 6.42 Å². The van der Waals surface area contributed by atoms with Crippen molar-refractivity contribution in [1.29, 1.82) is 0 Å². The molecule has 9 nitrogen and oxygen atoms in total. The molecule has 0 spiro atoms. The van der Waals surface area contributed by atoms with Crippen LogP contribution < -0.4 is 16.6 Å². The SMILES string of the molecule is C#CCNc1cn([C@H]2C[C@H](O)[C@@H](CO)O2)c2nc(N)[nH]c(=O)c12. The number of fused-ring (bicyclic) bond motifs is 1. The lowest BCUT2D eigenvalue weighted by Crippen LogP contribution is -2.24. The highest BCUT2D eigenvalue weighted by molar-refractivity contribution is 5.90. The lowest BCUT2D eigenvalue weighted by molar-refractivity contribution is -0.0430. The summed E-state index contributed by atoms with van der Waals surface area (Å²) in [6.07, 6.45) is 5.09. The highest BCUT2D eigenvalue weighted by Gasteiger charge is 2.35. The summed E-state index contributed by atoms with van der Waals surface area (Å²) in [5.74, 6) is 2.41. The number of anilines is 2. The topological polar surface area (TPSA) is 138 Å². The van der Waals surface area contributed by atoms with Gasteiger partial charge in [0.1, 0.15) is 17.7 Å². The first-order valence-corrected chi connectivity index (χ1v) is 7.07. The molecule has 2 aromatic heterocycles. The highest BCUT2D eigenvalue weighted by atomic mass is 16.5. The zero-order chi connectivity index (χ0) is 16.6. The summed E-state index contributed by atoms with van der Waals surface area (Å²) in [6.45, 7) is -0.0639. The van der Waals surface area contributed by atoms with Crippen LogP contribution in [0.2, 0.25) is 0 Å². The number of terminal acetylenes is 1. The van der Waals surface area contributed by atoms with Crippen molar-refractivity contribution in [3.63, 3.8) is 0 Å². The quantitative estimate of drug-likeness (QED) is 0.455. The zero-order valence-corrected chi connectivity index (χ0v) is 12.2. The lowest BCUT2D eigenvalue weighted by atomic mass is 10.2. The van der Waals surface area contributed by atoms with Gasteiger partial charge in [-0.3, -0.25) is 9.78 Å². The van der Waals surface area contributed by atoms with Crippen LogP contribution in [-0.4, -0.2) is 50.1 Å². The number of nitrogens with two attached hydrogens (primary N) is 1. The molecule has 1 aliphatic rings. The fourth-order valence-corrected chi connectivity index (χ4v) is 2.72. The Morgan fingerprint density at radius 1 is 1.65 bits per heavy atom. The molecule has 122 valence electrons. The molecule has 3 rings (SSSR count). The first-order chi connectivity index (χ1) is 11.0. The Balaban J connectivity index is 2.10. The molecule has 0 unspecified atom stereocenters. The van der Waals surface area contributed by atoms with Crippen molar-refractivity contribution >= 4 is 22.7 Å². The Bertz CT molecular complexity index is 821. The van der Waals surface area contributed by atoms with Crippen molar-refractivity contribution in [3.05, 3.63) is 16.6 Å². The van der Waals surface area contributed by atoms with Gasteiger partial charge in [-0.05, 0) is 0 Å². The van der Waals surface area contributed by atoms with E-state index in [1.54, 1.807) is 10.8 Å². The Morgan fingerprint density at radius 2 is 2.43 bits per heavy atom. The van der Waals surface area contributed by atoms with E-state index in [-0.39, 0.29) is 25.5 Å². The first-order valence-electron chi connectivity index (χ1n) is 7.07. The van der Waals surface area contributed by atoms with Gasteiger partial charge in [-0.1, -0.05) is 5.92 Å². The van der Waals surface area contributed by atoms with Crippen molar-refractivity contribution in [2.24, 2.45) is 0 Å². The number of ether oxygens (including phenoxy) is 1. The summed E-state index contributed by atoms with van der Waals surface area (Å²) >= 11 is 0. The molecule has 0 amide bonds. The van der Waals surface area contributed by atoms with E-state index >= 15 is 0 Å². The molecule has 3 atom stereocenters. The second-order valence-corrected chi connectivity index (χ2v) is 5.27. The number of aromatic amines is 1. The zero-order valence-electron chi connectivity index (χ0n) is 12.2. The highest BCUT2D eigenvalue weighted by Crippen LogP contribution is 2.33. The summed E-state index contributed by atoms with van der Waals surface area (Å²) in [5, 5.41) is 22.4. The molecule has 23 heavy (non-hydrogen) atoms. The number of nitrogens with zero attached hydrogens (tertiary/aromatic N) is 2. The maximum Gasteiger partial charge on any atom is 0.263 e. The number of hydrogen-bond acceptors (Lipinski definition) is 7. The summed E-state index contributed by atoms with van der Waals surface area (Å²) in [7, 11) is 0. The maximum absolute atomic E-state index is 12.2. The van der Waals surface area contributed by atoms with Crippen LogP contribution in [-0.2, 0) is 4.74 Å². The van der Waals surface area contributed by atoms with Crippen LogP contribution in [0.5, 0.6) is 0 Å². The van der Waals surface area contributed by atoms with E-state index in [0.717, 1.165) is 0 Å². The molecule has 1 fully saturated rings. The summed E-state index contributed by atoms with van der Waals surface area (Å²) in [6, 6.07) is 0. The largest absolute Gasteiger partial charge is 0.394 e. The third-order valence-corrected chi connectivity index (χ3v) is 3.78. The van der Waals surface area contributed by atoms with Gasteiger partial charge in [-0.25, -0.2) is 0 Å². The number of aliphatic hydroxyl groups excluding tert-OH is 2. The first kappa shape index (κ1) is 15.4. The van der Waals surface area contributed by atoms with Gasteiger partial charge in [0.25, 0.3) is 5.56 Å². The third kappa shape index (κ3) is 2.63. The van der Waals surface area contributed by atoms with Crippen LogP contribution in [0.4, 0.5) is 11.6 Å². The van der Waals surface area contributed by atoms with Gasteiger partial charge >= 0.3 is 0 Å². The number of nitrogen functional groups attached to an aromatic ring is 1. The average molecular weight is 319 g/mol. The number of rotatable bonds is 4. The van der Waals surface area contributed by atoms with E-state index in [2.05, 4.69) is 21.2 Å². The van der Waals surface area contributed by atoms with E-state index in [0.29, 0.717) is 16.7 Å². The van der Waals surface area contributed by atoms with E-state index in [1.807, 2.05) is 0 Å². The van der Waals surface area contributed by atoms with Crippen LogP contribution in [0.25, 0.3) is 11.0 Å². The number of aliphatic hydroxyl groups is 2. The van der Waals surface area contributed by atoms with Crippen LogP contribution >= 0.6 is 0 Å². The van der Waals surface area contributed by atoms with Gasteiger partial charge in [0.15, 0.2) is 5.65 Å². The molecule has 9 heteroatoms. The van der Waals surface area contributed by atoms with Gasteiger partial charge in [0.2, 0.25) is 5.95 Å². The fourth-order valence-electron chi connectivity index (χ4n) is 2.72. The molecular formula is C14H17N5O4. The van der Waals surface area contributed by atoms with Crippen LogP contribution in [0.15, 0.2) is 11.0 Å². The predicted molar refractivity (Wildman–Crippen MR) is 83.7 cm³/mol. The minimum Gasteiger partial charge on any atom is -0.394 e. The Hall–Kier alpha value is -2.54. The number of hydrogen-bond donors (Lipinski definition) is 5. The monoisotopic (exact) mass is 319 g/mol. The second-order valence-electron chi connectivity index (χ2n) is 5.27. The second kappa shape index (κ2) is 5.92. The van der Waals surface area contributed by atoms with Gasteiger partial charge in [-0.2, -0.15) is 4.98 Å². The van der Waals surface area contributed by atoms with Crippen molar-refractivity contribution in [3.8, 4) is 12.3 Å². The van der Waals surface area contributed by atoms with Crippen molar-refractivity contribution < 1.29 is 14.9 Å². The van der Waals surface area contributed by atoms with Gasteiger partial charge in [0, 0.05) is 12.6 Å². The van der Waals surface area contributed by atoms with Crippen molar-refractivity contribution in [2.45, 2.75) is 24.9 Å². The van der Waals surface area contributed by atoms with E-state index in [9.17, 15) is 15.0 Å². The van der Waals surface area contributed by atoms with Crippen LogP contribution in [0.3, 0.4) is 0 Å². The molecule has 0 aromatic carbocycles. The van der Waals surface area contributed by atoms with Crippen molar-refractivity contribution in [2.75, 3.05) is 24.2 Å². The summed E-state index contributed by atoms with van der Waals surface area (Å²) in [5.41, 5.74) is 6.04. The fraction of sp³-hybridized carbons (Fsp3) is 0.429. The molecule has 0 aliphatic carbocycles. The summed E-state index contributed by atoms with van der Waals surface area (Å²) in [4.78, 5) is 18.8. The maximum atomic E-state index is 12.2. The molecule has 2 aromatic rings. The Kier molecular flexibility index (Phi) is 3.96. The molecule has 0 bridgehead atoms. The van der Waals surface area contributed by atoms with E-state index in [4.69, 9.17) is 16.9 Å². The molecule has 0 radical (unpaired) electrons. The normalized spacial score (nSPS) is 24.0. The van der Waals surface area contributed by atoms with Gasteiger partial charge < -0.3 is 30.6 Å². The number of H-pyrrole nitrogens is 1. The molecule has 3 heterocycles. The Labute approximate surface area is 131 Å². The molecule has 6 N–H and O–H groups in total. The van der Waals surface area contributed by atoms with E-state index < -0.39 is 24.0 Å². The predicted octanol–water partition coefficient (Wildman–Crippen LogP) is -1.01. The van der Waals surface area contributed by atoms with Crippen LogP contribution in [0, 0.1) is 12.3 Å². The summed E-state index contributed by atoms with van der Waals surface area (Å²) < 4.78 is 7.23. The minimum absolute atomic E-state index is 0.0254. The van der Waals surface area contributed by atoms with Crippen molar-refractivity contribution in [1.82, 2.24) is 14.5 Å². The van der Waals surface area contributed by atoms with Crippen LogP contribution in [0.1, 0.15) is 12.6 Å². The van der Waals surface area contributed by atoms with Gasteiger partial charge in [0.05, 0.1) is 24.9 Å². The lowest BCUT2D eigenvalue weighted by Gasteiger charge is -2.14. The molecule has 0 saturated carbocycles. The molecule has 1 saturated heterocycles. The number of nitrogens with one attached hydrogen (secondary N) is 2. The minimum atomic E-state index is -0.802. The van der Waals surface area contributed by atoms with E-state index in [1.165, 1.54) is 0 Å². The Morgan fingerprint density at radius 3 is 3.09 bits per heavy atom. The third-order valence-electron chi connectivity index (χ3n) is 3.78. The smallest absolute Gasteiger partial charge is 0.263 e.